The average molecular weight is 289 g/mol. The van der Waals surface area contributed by atoms with Gasteiger partial charge in [0.15, 0.2) is 0 Å². The largest absolute Gasteiger partial charge is 0.248 e. The van der Waals surface area contributed by atoms with Crippen LogP contribution in [0.25, 0.3) is 22.3 Å². The van der Waals surface area contributed by atoms with E-state index in [1.807, 2.05) is 0 Å². The Labute approximate surface area is 130 Å². The zero-order valence-electron chi connectivity index (χ0n) is 11.5. The molecular formula is C19H15NS. The van der Waals surface area contributed by atoms with E-state index in [1.165, 1.54) is 22.3 Å². The van der Waals surface area contributed by atoms with E-state index in [4.69, 9.17) is 5.41 Å². The van der Waals surface area contributed by atoms with Crippen LogP contribution in [0.3, 0.4) is 0 Å². The molecule has 0 atom stereocenters. The van der Waals surface area contributed by atoms with Gasteiger partial charge in [0.05, 0.1) is 5.16 Å². The van der Waals surface area contributed by atoms with Crippen LogP contribution in [0.1, 0.15) is 0 Å². The molecule has 0 aromatic heterocycles. The first kappa shape index (κ1) is 14.9. The van der Waals surface area contributed by atoms with Crippen LogP contribution in [0.15, 0.2) is 84.9 Å². The molecule has 21 heavy (non-hydrogen) atoms. The van der Waals surface area contributed by atoms with Crippen LogP contribution in [0, 0.1) is 5.41 Å². The molecule has 3 aromatic carbocycles. The van der Waals surface area contributed by atoms with Crippen LogP contribution in [-0.4, -0.2) is 5.16 Å². The van der Waals surface area contributed by atoms with Gasteiger partial charge in [-0.2, -0.15) is 0 Å². The quantitative estimate of drug-likeness (QED) is 0.475. The molecule has 0 aliphatic carbocycles. The van der Waals surface area contributed by atoms with Gasteiger partial charge < -0.3 is 0 Å². The van der Waals surface area contributed by atoms with Crippen molar-refractivity contribution in [2.45, 2.75) is 0 Å². The molecule has 3 rings (SSSR count). The minimum atomic E-state index is 1.26. The minimum absolute atomic E-state index is 1.26. The first-order chi connectivity index (χ1) is 10.4. The molecule has 2 heteroatoms. The molecule has 0 bridgehead atoms. The van der Waals surface area contributed by atoms with E-state index >= 15 is 0 Å². The van der Waals surface area contributed by atoms with Crippen molar-refractivity contribution >= 4 is 17.4 Å². The van der Waals surface area contributed by atoms with Crippen molar-refractivity contribution in [2.24, 2.45) is 0 Å². The first-order valence-electron chi connectivity index (χ1n) is 6.60. The Morgan fingerprint density at radius 1 is 0.571 bits per heavy atom. The van der Waals surface area contributed by atoms with Crippen LogP contribution in [0.2, 0.25) is 0 Å². The van der Waals surface area contributed by atoms with E-state index in [0.717, 1.165) is 0 Å². The molecule has 1 N–H and O–H groups in total. The third kappa shape index (κ3) is 3.96. The second-order valence-corrected chi connectivity index (χ2v) is 4.58. The summed E-state index contributed by atoms with van der Waals surface area (Å²) in [4.78, 5) is 0. The summed E-state index contributed by atoms with van der Waals surface area (Å²) < 4.78 is 0. The van der Waals surface area contributed by atoms with Gasteiger partial charge in [0.25, 0.3) is 0 Å². The highest BCUT2D eigenvalue weighted by Crippen LogP contribution is 2.31. The molecule has 1 nitrogen and oxygen atoms in total. The molecule has 0 aliphatic heterocycles. The van der Waals surface area contributed by atoms with Gasteiger partial charge in [-0.25, -0.2) is 5.41 Å². The van der Waals surface area contributed by atoms with Gasteiger partial charge in [0.1, 0.15) is 0 Å². The highest BCUT2D eigenvalue weighted by atomic mass is 32.1. The van der Waals surface area contributed by atoms with Gasteiger partial charge in [-0.05, 0) is 34.5 Å². The van der Waals surface area contributed by atoms with E-state index in [0.29, 0.717) is 0 Å². The average Bonchev–Trinajstić information content (AvgIpc) is 2.57. The number of rotatable bonds is 2. The molecule has 3 aromatic rings. The lowest BCUT2D eigenvalue weighted by molar-refractivity contribution is 1.58. The second-order valence-electron chi connectivity index (χ2n) is 4.38. The number of isothiocyanates is 1. The first-order valence-corrected chi connectivity index (χ1v) is 7.01. The molecule has 0 saturated heterocycles. The summed E-state index contributed by atoms with van der Waals surface area (Å²) in [6.07, 6.45) is 0. The van der Waals surface area contributed by atoms with E-state index in [-0.39, 0.29) is 0 Å². The van der Waals surface area contributed by atoms with Crippen molar-refractivity contribution in [3.63, 3.8) is 0 Å². The lowest BCUT2D eigenvalue weighted by Crippen LogP contribution is -1.83. The molecular weight excluding hydrogens is 274 g/mol. The third-order valence-electron chi connectivity index (χ3n) is 3.10. The summed E-state index contributed by atoms with van der Waals surface area (Å²) in [6.45, 7) is 0. The minimum Gasteiger partial charge on any atom is -0.248 e. The van der Waals surface area contributed by atoms with Crippen LogP contribution in [0.5, 0.6) is 0 Å². The highest BCUT2D eigenvalue weighted by Gasteiger charge is 2.05. The Morgan fingerprint density at radius 2 is 0.857 bits per heavy atom. The predicted molar refractivity (Wildman–Crippen MR) is 92.6 cm³/mol. The summed E-state index contributed by atoms with van der Waals surface area (Å²) in [5.74, 6) is 0. The maximum absolute atomic E-state index is 5.77. The van der Waals surface area contributed by atoms with Gasteiger partial charge >= 0.3 is 0 Å². The smallest absolute Gasteiger partial charge is 0.0554 e. The number of nitrogens with one attached hydrogen (secondary N) is 1. The van der Waals surface area contributed by atoms with E-state index in [1.54, 1.807) is 5.16 Å². The van der Waals surface area contributed by atoms with Gasteiger partial charge in [0.2, 0.25) is 0 Å². The molecule has 102 valence electrons. The van der Waals surface area contributed by atoms with Crippen molar-refractivity contribution in [3.8, 4) is 22.3 Å². The number of thiocarbonyl (C=S) groups is 1. The van der Waals surface area contributed by atoms with Crippen molar-refractivity contribution < 1.29 is 0 Å². The molecule has 0 radical (unpaired) electrons. The Bertz CT molecular complexity index is 656. The lowest BCUT2D eigenvalue weighted by atomic mass is 9.95. The number of hydrogen-bond acceptors (Lipinski definition) is 2. The Hall–Kier alpha value is -2.54. The van der Waals surface area contributed by atoms with Crippen molar-refractivity contribution in [2.75, 3.05) is 0 Å². The zero-order valence-corrected chi connectivity index (χ0v) is 12.3. The Morgan fingerprint density at radius 3 is 1.19 bits per heavy atom. The maximum atomic E-state index is 5.77. The van der Waals surface area contributed by atoms with Crippen LogP contribution in [-0.2, 0) is 0 Å². The van der Waals surface area contributed by atoms with Crippen molar-refractivity contribution in [3.05, 3.63) is 84.9 Å². The monoisotopic (exact) mass is 289 g/mol. The summed E-state index contributed by atoms with van der Waals surface area (Å²) in [6, 6.07) is 29.6. The lowest BCUT2D eigenvalue weighted by Gasteiger charge is -2.09. The van der Waals surface area contributed by atoms with Gasteiger partial charge in [-0.3, -0.25) is 0 Å². The molecule has 0 unspecified atom stereocenters. The standard InChI is InChI=1S/C18H14.CHNS/c1-3-9-15(10-4-1)17-13-7-8-14-18(17)16-11-5-2-6-12-16;2-1-3/h1-14H;2H. The van der Waals surface area contributed by atoms with E-state index in [2.05, 4.69) is 97.1 Å². The van der Waals surface area contributed by atoms with Gasteiger partial charge in [0, 0.05) is 0 Å². The van der Waals surface area contributed by atoms with Gasteiger partial charge in [-0.15, -0.1) is 0 Å². The fourth-order valence-corrected chi connectivity index (χ4v) is 2.22. The summed E-state index contributed by atoms with van der Waals surface area (Å²) >= 11 is 3.81. The summed E-state index contributed by atoms with van der Waals surface area (Å²) in [5, 5.41) is 7.36. The van der Waals surface area contributed by atoms with Gasteiger partial charge in [-0.1, -0.05) is 84.9 Å². The van der Waals surface area contributed by atoms with Crippen molar-refractivity contribution in [1.29, 1.82) is 5.41 Å². The summed E-state index contributed by atoms with van der Waals surface area (Å²) in [7, 11) is 0. The zero-order chi connectivity index (χ0) is 14.9. The number of benzene rings is 3. The fourth-order valence-electron chi connectivity index (χ4n) is 2.22. The van der Waals surface area contributed by atoms with Crippen LogP contribution >= 0.6 is 12.2 Å². The molecule has 0 amide bonds. The fraction of sp³-hybridized carbons (Fsp3) is 0. The molecule has 0 saturated carbocycles. The molecule has 0 aliphatic rings. The van der Waals surface area contributed by atoms with Crippen LogP contribution < -0.4 is 0 Å². The van der Waals surface area contributed by atoms with E-state index < -0.39 is 0 Å². The summed E-state index contributed by atoms with van der Waals surface area (Å²) in [5.41, 5.74) is 5.09. The normalized spacial score (nSPS) is 9.14. The highest BCUT2D eigenvalue weighted by molar-refractivity contribution is 7.78. The van der Waals surface area contributed by atoms with Crippen LogP contribution in [0.4, 0.5) is 0 Å². The number of hydrogen-bond donors (Lipinski definition) is 1. The predicted octanol–water partition coefficient (Wildman–Crippen LogP) is 5.69. The SMILES string of the molecule is N=C=S.c1ccc(-c2ccccc2-c2ccccc2)cc1. The maximum Gasteiger partial charge on any atom is 0.0554 e. The Kier molecular flexibility index (Phi) is 5.60. The molecule has 0 spiro atoms. The van der Waals surface area contributed by atoms with Crippen molar-refractivity contribution in [1.82, 2.24) is 0 Å². The second kappa shape index (κ2) is 7.91. The van der Waals surface area contributed by atoms with E-state index in [9.17, 15) is 0 Å². The topological polar surface area (TPSA) is 23.9 Å². The third-order valence-corrected chi connectivity index (χ3v) is 3.10. The molecule has 0 fully saturated rings. The molecule has 0 heterocycles. The Balaban J connectivity index is 0.000000497.